The number of nitrogens with zero attached hydrogens (tertiary/aromatic N) is 2. The lowest BCUT2D eigenvalue weighted by Crippen LogP contribution is -2.42. The average molecular weight is 635 g/mol. The highest BCUT2D eigenvalue weighted by atomic mass is 19.3. The first kappa shape index (κ1) is 33.8. The number of nitro benzene ring substituents is 1. The lowest BCUT2D eigenvalue weighted by Gasteiger charge is -2.33. The van der Waals surface area contributed by atoms with E-state index in [0.29, 0.717) is 17.2 Å². The van der Waals surface area contributed by atoms with Gasteiger partial charge in [-0.1, -0.05) is 57.2 Å². The summed E-state index contributed by atoms with van der Waals surface area (Å²) in [5.74, 6) is -6.73. The molecule has 1 aliphatic rings. The number of aliphatic carboxylic acids is 1. The Morgan fingerprint density at radius 3 is 2.26 bits per heavy atom. The molecular weight excluding hydrogens is 598 g/mol. The molecule has 0 spiro atoms. The van der Waals surface area contributed by atoms with Gasteiger partial charge in [-0.15, -0.1) is 0 Å². The molecule has 3 aromatic carbocycles. The number of benzene rings is 3. The molecule has 0 radical (unpaired) electrons. The molecule has 0 saturated heterocycles. The van der Waals surface area contributed by atoms with E-state index in [1.54, 1.807) is 12.1 Å². The van der Waals surface area contributed by atoms with E-state index in [-0.39, 0.29) is 28.9 Å². The van der Waals surface area contributed by atoms with Crippen LogP contribution in [0.3, 0.4) is 0 Å². The number of amides is 3. The highest BCUT2D eigenvalue weighted by Crippen LogP contribution is 2.40. The number of halogens is 2. The van der Waals surface area contributed by atoms with Crippen LogP contribution in [0.25, 0.3) is 5.57 Å². The second-order valence-electron chi connectivity index (χ2n) is 12.3. The zero-order valence-electron chi connectivity index (χ0n) is 25.8. The molecule has 3 amide bonds. The van der Waals surface area contributed by atoms with Gasteiger partial charge in [0, 0.05) is 29.1 Å². The van der Waals surface area contributed by atoms with Gasteiger partial charge in [-0.05, 0) is 77.6 Å². The Bertz CT molecular complexity index is 1630. The second-order valence-corrected chi connectivity index (χ2v) is 12.3. The normalized spacial score (nSPS) is 15.0. The van der Waals surface area contributed by atoms with Gasteiger partial charge in [0.1, 0.15) is 0 Å². The summed E-state index contributed by atoms with van der Waals surface area (Å²) in [5, 5.41) is 24.4. The van der Waals surface area contributed by atoms with Crippen LogP contribution in [0, 0.1) is 21.4 Å². The molecule has 242 valence electrons. The number of carbonyl (C=O) groups is 3. The van der Waals surface area contributed by atoms with E-state index < -0.39 is 35.3 Å². The number of rotatable bonds is 10. The SMILES string of the molecule is CC(C)(C)C1CC=C(c2ccc(N(Cc3ccc(C(=O)NCC(F)(F)C(=O)O)cc3)C(=O)Nc3cccc([N+](=O)[O-])c3)cc2)CC1. The van der Waals surface area contributed by atoms with Crippen LogP contribution in [0.5, 0.6) is 0 Å². The van der Waals surface area contributed by atoms with Crippen LogP contribution in [0.4, 0.5) is 30.6 Å². The molecule has 0 bridgehead atoms. The Morgan fingerprint density at radius 2 is 1.70 bits per heavy atom. The quantitative estimate of drug-likeness (QED) is 0.156. The Labute approximate surface area is 265 Å². The molecule has 12 heteroatoms. The fourth-order valence-corrected chi connectivity index (χ4v) is 5.22. The van der Waals surface area contributed by atoms with Crippen molar-refractivity contribution in [1.29, 1.82) is 0 Å². The van der Waals surface area contributed by atoms with Gasteiger partial charge >= 0.3 is 17.9 Å². The first-order valence-electron chi connectivity index (χ1n) is 14.7. The van der Waals surface area contributed by atoms with E-state index in [4.69, 9.17) is 5.11 Å². The lowest BCUT2D eigenvalue weighted by molar-refractivity contribution is -0.384. The van der Waals surface area contributed by atoms with Crippen LogP contribution in [0.2, 0.25) is 0 Å². The number of non-ortho nitro benzene ring substituents is 1. The molecule has 1 aliphatic carbocycles. The third kappa shape index (κ3) is 8.52. The topological polar surface area (TPSA) is 142 Å². The summed E-state index contributed by atoms with van der Waals surface area (Å²) in [6, 6.07) is 18.4. The molecule has 0 heterocycles. The van der Waals surface area contributed by atoms with Gasteiger partial charge in [0.2, 0.25) is 0 Å². The van der Waals surface area contributed by atoms with E-state index in [1.165, 1.54) is 46.9 Å². The molecule has 0 saturated carbocycles. The summed E-state index contributed by atoms with van der Waals surface area (Å²) >= 11 is 0. The first-order valence-corrected chi connectivity index (χ1v) is 14.7. The summed E-state index contributed by atoms with van der Waals surface area (Å²) in [6.45, 7) is 5.44. The van der Waals surface area contributed by atoms with Crippen molar-refractivity contribution in [2.24, 2.45) is 11.3 Å². The largest absolute Gasteiger partial charge is 0.477 e. The van der Waals surface area contributed by atoms with Crippen LogP contribution in [-0.4, -0.2) is 40.4 Å². The van der Waals surface area contributed by atoms with E-state index >= 15 is 0 Å². The minimum atomic E-state index is -4.11. The average Bonchev–Trinajstić information content (AvgIpc) is 3.02. The van der Waals surface area contributed by atoms with E-state index in [2.05, 4.69) is 32.2 Å². The van der Waals surface area contributed by atoms with Crippen LogP contribution < -0.4 is 15.5 Å². The summed E-state index contributed by atoms with van der Waals surface area (Å²) in [4.78, 5) is 48.6. The number of anilines is 2. The van der Waals surface area contributed by atoms with Gasteiger partial charge in [0.15, 0.2) is 0 Å². The fraction of sp³-hybridized carbons (Fsp3) is 0.324. The number of nitro groups is 1. The van der Waals surface area contributed by atoms with Gasteiger partial charge < -0.3 is 15.7 Å². The molecule has 3 aromatic rings. The minimum Gasteiger partial charge on any atom is -0.477 e. The maximum absolute atomic E-state index is 13.6. The van der Waals surface area contributed by atoms with Crippen molar-refractivity contribution >= 4 is 40.5 Å². The first-order chi connectivity index (χ1) is 21.6. The molecule has 0 aromatic heterocycles. The summed E-state index contributed by atoms with van der Waals surface area (Å²) in [5.41, 5.74) is 3.74. The molecule has 1 atom stereocenters. The van der Waals surface area contributed by atoms with Crippen LogP contribution in [0.15, 0.2) is 78.9 Å². The van der Waals surface area contributed by atoms with Crippen molar-refractivity contribution in [3.05, 3.63) is 106 Å². The van der Waals surface area contributed by atoms with E-state index in [9.17, 15) is 33.3 Å². The Hall–Kier alpha value is -5.13. The summed E-state index contributed by atoms with van der Waals surface area (Å²) in [6.07, 6.45) is 5.31. The summed E-state index contributed by atoms with van der Waals surface area (Å²) in [7, 11) is 0. The Morgan fingerprint density at radius 1 is 1.02 bits per heavy atom. The number of carbonyl (C=O) groups excluding carboxylic acids is 2. The van der Waals surface area contributed by atoms with E-state index in [0.717, 1.165) is 24.8 Å². The minimum absolute atomic E-state index is 0.0244. The van der Waals surface area contributed by atoms with E-state index in [1.807, 2.05) is 29.6 Å². The monoisotopic (exact) mass is 634 g/mol. The number of hydrogen-bond acceptors (Lipinski definition) is 5. The lowest BCUT2D eigenvalue weighted by atomic mass is 9.72. The number of urea groups is 1. The van der Waals surface area contributed by atoms with Gasteiger partial charge in [0.05, 0.1) is 18.0 Å². The van der Waals surface area contributed by atoms with Crippen molar-refractivity contribution in [3.8, 4) is 0 Å². The highest BCUT2D eigenvalue weighted by Gasteiger charge is 2.39. The number of carboxylic acids is 1. The second kappa shape index (κ2) is 13.9. The number of carboxylic acid groups (broad SMARTS) is 1. The zero-order chi connectivity index (χ0) is 33.6. The predicted molar refractivity (Wildman–Crippen MR) is 171 cm³/mol. The third-order valence-corrected chi connectivity index (χ3v) is 8.08. The smallest absolute Gasteiger partial charge is 0.376 e. The van der Waals surface area contributed by atoms with Crippen LogP contribution >= 0.6 is 0 Å². The van der Waals surface area contributed by atoms with Gasteiger partial charge in [0.25, 0.3) is 11.6 Å². The van der Waals surface area contributed by atoms with Crippen LogP contribution in [0.1, 0.15) is 61.5 Å². The number of allylic oxidation sites excluding steroid dienone is 2. The maximum Gasteiger partial charge on any atom is 0.376 e. The Kier molecular flexibility index (Phi) is 10.2. The molecule has 1 unspecified atom stereocenters. The fourth-order valence-electron chi connectivity index (χ4n) is 5.22. The summed E-state index contributed by atoms with van der Waals surface area (Å²) < 4.78 is 26.8. The zero-order valence-corrected chi connectivity index (χ0v) is 25.8. The van der Waals surface area contributed by atoms with Crippen molar-refractivity contribution in [1.82, 2.24) is 5.32 Å². The van der Waals surface area contributed by atoms with Gasteiger partial charge in [-0.25, -0.2) is 9.59 Å². The third-order valence-electron chi connectivity index (χ3n) is 8.08. The maximum atomic E-state index is 13.6. The van der Waals surface area contributed by atoms with Gasteiger partial charge in [-0.2, -0.15) is 8.78 Å². The number of hydrogen-bond donors (Lipinski definition) is 3. The predicted octanol–water partition coefficient (Wildman–Crippen LogP) is 7.51. The standard InChI is InChI=1S/C34H36F2N4O6/c1-33(2,3)26-15-11-23(12-16-26)24-13-17-28(18-14-24)39(32(44)38-27-5-4-6-29(19-27)40(45)46)20-22-7-9-25(10-8-22)30(41)37-21-34(35,36)31(42)43/h4-11,13-14,17-19,26H,12,15-16,20-21H2,1-3H3,(H,37,41)(H,38,44)(H,42,43). The van der Waals surface area contributed by atoms with Crippen molar-refractivity contribution < 1.29 is 33.2 Å². The molecule has 10 nitrogen and oxygen atoms in total. The molecular formula is C34H36F2N4O6. The van der Waals surface area contributed by atoms with Crippen molar-refractivity contribution in [3.63, 3.8) is 0 Å². The molecule has 3 N–H and O–H groups in total. The number of nitrogens with one attached hydrogen (secondary N) is 2. The number of alkyl halides is 2. The highest BCUT2D eigenvalue weighted by molar-refractivity contribution is 6.02. The molecule has 0 fully saturated rings. The Balaban J connectivity index is 1.55. The van der Waals surface area contributed by atoms with Crippen molar-refractivity contribution in [2.45, 2.75) is 52.5 Å². The van der Waals surface area contributed by atoms with Crippen LogP contribution in [-0.2, 0) is 11.3 Å². The van der Waals surface area contributed by atoms with Gasteiger partial charge in [-0.3, -0.25) is 19.8 Å². The molecule has 46 heavy (non-hydrogen) atoms. The molecule has 0 aliphatic heterocycles. The van der Waals surface area contributed by atoms with Crippen molar-refractivity contribution in [2.75, 3.05) is 16.8 Å². The molecule has 4 rings (SSSR count).